The zero-order valence-electron chi connectivity index (χ0n) is 18.1. The lowest BCUT2D eigenvalue weighted by Crippen LogP contribution is -2.54. The van der Waals surface area contributed by atoms with Crippen LogP contribution >= 0.6 is 0 Å². The summed E-state index contributed by atoms with van der Waals surface area (Å²) in [6, 6.07) is 14.2. The first kappa shape index (κ1) is 21.7. The van der Waals surface area contributed by atoms with Gasteiger partial charge in [-0.05, 0) is 60.7 Å². The summed E-state index contributed by atoms with van der Waals surface area (Å²) in [5, 5.41) is 21.4. The van der Waals surface area contributed by atoms with Gasteiger partial charge >= 0.3 is 0 Å². The minimum absolute atomic E-state index is 0.0118. The number of benzene rings is 1. The molecule has 2 aromatic heterocycles. The fourth-order valence-corrected chi connectivity index (χ4v) is 5.08. The number of carbonyl (C=O) groups excluding carboxylic acids is 1. The van der Waals surface area contributed by atoms with Crippen LogP contribution in [0.1, 0.15) is 53.3 Å². The van der Waals surface area contributed by atoms with Gasteiger partial charge in [0.05, 0.1) is 23.9 Å². The number of hydrogen-bond donors (Lipinski definition) is 2. The number of ketones is 1. The van der Waals surface area contributed by atoms with E-state index < -0.39 is 23.9 Å². The van der Waals surface area contributed by atoms with Crippen LogP contribution in [-0.4, -0.2) is 43.4 Å². The second-order valence-corrected chi connectivity index (χ2v) is 8.86. The second-order valence-electron chi connectivity index (χ2n) is 8.86. The molecule has 0 bridgehead atoms. The Morgan fingerprint density at radius 2 is 2.00 bits per heavy atom. The maximum absolute atomic E-state index is 13.2. The summed E-state index contributed by atoms with van der Waals surface area (Å²) in [6.45, 7) is 0. The topological polar surface area (TPSA) is 102 Å². The van der Waals surface area contributed by atoms with Crippen LogP contribution in [0.15, 0.2) is 71.9 Å². The van der Waals surface area contributed by atoms with E-state index in [4.69, 9.17) is 4.74 Å². The highest BCUT2D eigenvalue weighted by atomic mass is 16.5. The molecular formula is C26H26N2O5. The molecule has 1 aromatic carbocycles. The first-order valence-corrected chi connectivity index (χ1v) is 11.3. The van der Waals surface area contributed by atoms with Crippen molar-refractivity contribution < 1.29 is 19.7 Å². The standard InChI is InChI=1S/C26H26N2O5/c29-21(20-8-5-13-28(25(20)31)18-6-2-1-3-7-18)14-17-16-27-12-10-19(17)22-15-23(30)26(32)11-4-9-24(26)33-22/h1-3,5-8,10,12-13,16,22-24,30,32H,4,9,11,14-15H2/t22-,23-,24-,26+/m0/s1. The lowest BCUT2D eigenvalue weighted by molar-refractivity contribution is -0.215. The first-order chi connectivity index (χ1) is 16.0. The zero-order chi connectivity index (χ0) is 23.0. The number of ether oxygens (including phenoxy) is 1. The average Bonchev–Trinajstić information content (AvgIpc) is 3.22. The molecule has 170 valence electrons. The smallest absolute Gasteiger partial charge is 0.265 e. The molecule has 4 atom stereocenters. The van der Waals surface area contributed by atoms with E-state index in [0.29, 0.717) is 24.1 Å². The van der Waals surface area contributed by atoms with Gasteiger partial charge in [0, 0.05) is 37.1 Å². The molecule has 7 nitrogen and oxygen atoms in total. The van der Waals surface area contributed by atoms with Crippen molar-refractivity contribution in [2.45, 2.75) is 56.0 Å². The maximum Gasteiger partial charge on any atom is 0.265 e. The molecule has 5 rings (SSSR count). The maximum atomic E-state index is 13.2. The highest BCUT2D eigenvalue weighted by molar-refractivity contribution is 5.97. The number of hydrogen-bond acceptors (Lipinski definition) is 6. The van der Waals surface area contributed by atoms with E-state index in [1.807, 2.05) is 30.3 Å². The van der Waals surface area contributed by atoms with Crippen LogP contribution in [0.2, 0.25) is 0 Å². The second kappa shape index (κ2) is 8.67. The molecular weight excluding hydrogens is 420 g/mol. The summed E-state index contributed by atoms with van der Waals surface area (Å²) in [6.07, 6.45) is 5.33. The number of para-hydroxylation sites is 1. The number of aliphatic hydroxyl groups is 2. The molecule has 0 unspecified atom stereocenters. The van der Waals surface area contributed by atoms with Crippen molar-refractivity contribution in [1.29, 1.82) is 0 Å². The van der Waals surface area contributed by atoms with Gasteiger partial charge in [-0.3, -0.25) is 19.1 Å². The molecule has 0 amide bonds. The molecule has 3 aromatic rings. The van der Waals surface area contributed by atoms with Crippen molar-refractivity contribution >= 4 is 5.78 Å². The van der Waals surface area contributed by atoms with Crippen molar-refractivity contribution in [2.75, 3.05) is 0 Å². The summed E-state index contributed by atoms with van der Waals surface area (Å²) in [7, 11) is 0. The molecule has 7 heteroatoms. The molecule has 2 aliphatic rings. The normalized spacial score (nSPS) is 26.7. The molecule has 0 spiro atoms. The largest absolute Gasteiger partial charge is 0.390 e. The Morgan fingerprint density at radius 1 is 1.18 bits per heavy atom. The molecule has 1 saturated carbocycles. The Balaban J connectivity index is 1.42. The Kier molecular flexibility index (Phi) is 5.70. The third-order valence-corrected chi connectivity index (χ3v) is 6.87. The quantitative estimate of drug-likeness (QED) is 0.585. The van der Waals surface area contributed by atoms with Crippen LogP contribution in [0.4, 0.5) is 0 Å². The Morgan fingerprint density at radius 3 is 2.82 bits per heavy atom. The summed E-state index contributed by atoms with van der Waals surface area (Å²) in [4.78, 5) is 30.4. The molecule has 33 heavy (non-hydrogen) atoms. The van der Waals surface area contributed by atoms with Crippen molar-refractivity contribution in [3.05, 3.63) is 94.2 Å². The van der Waals surface area contributed by atoms with Crippen molar-refractivity contribution in [1.82, 2.24) is 9.55 Å². The van der Waals surface area contributed by atoms with Crippen LogP contribution in [-0.2, 0) is 11.2 Å². The molecule has 1 saturated heterocycles. The van der Waals surface area contributed by atoms with Crippen LogP contribution in [0.25, 0.3) is 5.69 Å². The third-order valence-electron chi connectivity index (χ3n) is 6.87. The number of aromatic nitrogens is 2. The first-order valence-electron chi connectivity index (χ1n) is 11.3. The van der Waals surface area contributed by atoms with Gasteiger partial charge in [-0.1, -0.05) is 18.2 Å². The van der Waals surface area contributed by atoms with E-state index in [2.05, 4.69) is 4.98 Å². The Bertz CT molecular complexity index is 1220. The SMILES string of the molecule is O=C(Cc1cnccc1[C@@H]1C[C@H](O)[C@]2(O)CCC[C@@H]2O1)c1cccn(-c2ccccc2)c1=O. The van der Waals surface area contributed by atoms with E-state index in [1.54, 1.807) is 36.8 Å². The van der Waals surface area contributed by atoms with Crippen molar-refractivity contribution in [3.63, 3.8) is 0 Å². The summed E-state index contributed by atoms with van der Waals surface area (Å²) < 4.78 is 7.64. The van der Waals surface area contributed by atoms with Gasteiger partial charge in [0.15, 0.2) is 5.78 Å². The Labute approximate surface area is 191 Å². The zero-order valence-corrected chi connectivity index (χ0v) is 18.1. The number of fused-ring (bicyclic) bond motifs is 1. The van der Waals surface area contributed by atoms with Crippen molar-refractivity contribution in [3.8, 4) is 5.69 Å². The van der Waals surface area contributed by atoms with Crippen LogP contribution < -0.4 is 5.56 Å². The number of aliphatic hydroxyl groups excluding tert-OH is 1. The Hall–Kier alpha value is -3.13. The fraction of sp³-hybridized carbons (Fsp3) is 0.346. The number of pyridine rings is 2. The van der Waals surface area contributed by atoms with E-state index >= 15 is 0 Å². The van der Waals surface area contributed by atoms with Gasteiger partial charge in [0.1, 0.15) is 5.60 Å². The highest BCUT2D eigenvalue weighted by Crippen LogP contribution is 2.45. The minimum Gasteiger partial charge on any atom is -0.390 e. The number of carbonyl (C=O) groups is 1. The van der Waals surface area contributed by atoms with E-state index in [1.165, 1.54) is 4.57 Å². The van der Waals surface area contributed by atoms with Gasteiger partial charge < -0.3 is 14.9 Å². The molecule has 3 heterocycles. The summed E-state index contributed by atoms with van der Waals surface area (Å²) >= 11 is 0. The lowest BCUT2D eigenvalue weighted by atomic mass is 9.83. The fourth-order valence-electron chi connectivity index (χ4n) is 5.08. The van der Waals surface area contributed by atoms with Gasteiger partial charge in [-0.2, -0.15) is 0 Å². The van der Waals surface area contributed by atoms with Crippen molar-refractivity contribution in [2.24, 2.45) is 0 Å². The van der Waals surface area contributed by atoms with Gasteiger partial charge in [0.2, 0.25) is 0 Å². The molecule has 1 aliphatic carbocycles. The molecule has 2 fully saturated rings. The van der Waals surface area contributed by atoms with Gasteiger partial charge in [-0.15, -0.1) is 0 Å². The van der Waals surface area contributed by atoms with E-state index in [-0.39, 0.29) is 29.7 Å². The van der Waals surface area contributed by atoms with Gasteiger partial charge in [-0.25, -0.2) is 0 Å². The van der Waals surface area contributed by atoms with E-state index in [0.717, 1.165) is 12.0 Å². The summed E-state index contributed by atoms with van der Waals surface area (Å²) in [5.74, 6) is -0.312. The average molecular weight is 447 g/mol. The minimum atomic E-state index is -1.20. The number of rotatable bonds is 5. The van der Waals surface area contributed by atoms with Crippen LogP contribution in [0, 0.1) is 0 Å². The van der Waals surface area contributed by atoms with Crippen LogP contribution in [0.5, 0.6) is 0 Å². The monoisotopic (exact) mass is 446 g/mol. The third kappa shape index (κ3) is 3.93. The molecule has 1 aliphatic heterocycles. The predicted octanol–water partition coefficient (Wildman–Crippen LogP) is 2.76. The van der Waals surface area contributed by atoms with E-state index in [9.17, 15) is 19.8 Å². The number of Topliss-reactive ketones (excluding diaryl/α,β-unsaturated/α-hetero) is 1. The van der Waals surface area contributed by atoms with Gasteiger partial charge in [0.25, 0.3) is 5.56 Å². The summed E-state index contributed by atoms with van der Waals surface area (Å²) in [5.41, 5.74) is 0.619. The highest BCUT2D eigenvalue weighted by Gasteiger charge is 2.52. The lowest BCUT2D eigenvalue weighted by Gasteiger charge is -2.43. The van der Waals surface area contributed by atoms with Crippen LogP contribution in [0.3, 0.4) is 0 Å². The molecule has 2 N–H and O–H groups in total. The predicted molar refractivity (Wildman–Crippen MR) is 121 cm³/mol. The number of nitrogens with zero attached hydrogens (tertiary/aromatic N) is 2. The molecule has 0 radical (unpaired) electrons.